The van der Waals surface area contributed by atoms with Crippen molar-refractivity contribution in [2.75, 3.05) is 0 Å². The predicted molar refractivity (Wildman–Crippen MR) is 80.9 cm³/mol. The molecular formula is C15H20N2O2S. The number of rotatable bonds is 5. The number of aliphatic hydroxyl groups is 1. The molecule has 0 aliphatic carbocycles. The number of pyridine rings is 1. The molecule has 2 rings (SSSR count). The Hall–Kier alpha value is -1.43. The predicted octanol–water partition coefficient (Wildman–Crippen LogP) is 2.81. The summed E-state index contributed by atoms with van der Waals surface area (Å²) in [5, 5.41) is 22.8. The number of thiophene rings is 1. The molecule has 0 aromatic carbocycles. The van der Waals surface area contributed by atoms with E-state index in [1.165, 1.54) is 9.75 Å². The van der Waals surface area contributed by atoms with Crippen LogP contribution >= 0.6 is 11.3 Å². The third kappa shape index (κ3) is 3.17. The van der Waals surface area contributed by atoms with E-state index in [0.29, 0.717) is 17.8 Å². The second kappa shape index (κ2) is 6.35. The van der Waals surface area contributed by atoms with E-state index in [-0.39, 0.29) is 18.4 Å². The number of nitrogens with zero attached hydrogens (tertiary/aromatic N) is 1. The van der Waals surface area contributed by atoms with Crippen LogP contribution in [0.3, 0.4) is 0 Å². The first kappa shape index (κ1) is 15.0. The van der Waals surface area contributed by atoms with Gasteiger partial charge in [0.15, 0.2) is 0 Å². The molecule has 0 amide bonds. The van der Waals surface area contributed by atoms with Gasteiger partial charge >= 0.3 is 0 Å². The maximum Gasteiger partial charge on any atom is 0.141 e. The van der Waals surface area contributed by atoms with Gasteiger partial charge in [0.05, 0.1) is 12.3 Å². The second-order valence-corrected chi connectivity index (χ2v) is 6.22. The molecule has 0 saturated heterocycles. The van der Waals surface area contributed by atoms with Gasteiger partial charge in [0, 0.05) is 39.7 Å². The second-order valence-electron chi connectivity index (χ2n) is 4.91. The lowest BCUT2D eigenvalue weighted by molar-refractivity contribution is 0.278. The van der Waals surface area contributed by atoms with Gasteiger partial charge in [0.1, 0.15) is 5.75 Å². The van der Waals surface area contributed by atoms with Gasteiger partial charge in [-0.2, -0.15) is 0 Å². The minimum Gasteiger partial charge on any atom is -0.506 e. The number of aromatic hydroxyl groups is 1. The highest BCUT2D eigenvalue weighted by Gasteiger charge is 2.13. The highest BCUT2D eigenvalue weighted by Crippen LogP contribution is 2.26. The number of aromatic nitrogens is 1. The van der Waals surface area contributed by atoms with Gasteiger partial charge in [-0.15, -0.1) is 11.3 Å². The zero-order chi connectivity index (χ0) is 14.7. The largest absolute Gasteiger partial charge is 0.506 e. The summed E-state index contributed by atoms with van der Waals surface area (Å²) in [6, 6.07) is 4.42. The van der Waals surface area contributed by atoms with Crippen molar-refractivity contribution in [2.24, 2.45) is 0 Å². The van der Waals surface area contributed by atoms with Crippen LogP contribution in [0.1, 0.15) is 39.5 Å². The number of aliphatic hydroxyl groups excluding tert-OH is 1. The highest BCUT2D eigenvalue weighted by atomic mass is 32.1. The van der Waals surface area contributed by atoms with Crippen LogP contribution in [0.2, 0.25) is 0 Å². The van der Waals surface area contributed by atoms with Gasteiger partial charge < -0.3 is 15.5 Å². The maximum absolute atomic E-state index is 10.1. The van der Waals surface area contributed by atoms with Crippen molar-refractivity contribution in [1.82, 2.24) is 10.3 Å². The van der Waals surface area contributed by atoms with Crippen molar-refractivity contribution >= 4 is 11.3 Å². The van der Waals surface area contributed by atoms with Gasteiger partial charge in [-0.1, -0.05) is 0 Å². The summed E-state index contributed by atoms with van der Waals surface area (Å²) in [6.45, 7) is 6.32. The van der Waals surface area contributed by atoms with Crippen LogP contribution in [0.5, 0.6) is 5.75 Å². The summed E-state index contributed by atoms with van der Waals surface area (Å²) in [5.41, 5.74) is 1.97. The minimum absolute atomic E-state index is 0.121. The first-order valence-corrected chi connectivity index (χ1v) is 7.41. The summed E-state index contributed by atoms with van der Waals surface area (Å²) in [6.07, 6.45) is 1.62. The Morgan fingerprint density at radius 2 is 2.10 bits per heavy atom. The first-order valence-electron chi connectivity index (χ1n) is 6.59. The molecule has 2 aromatic heterocycles. The lowest BCUT2D eigenvalue weighted by Crippen LogP contribution is -2.18. The van der Waals surface area contributed by atoms with E-state index in [0.717, 1.165) is 5.56 Å². The van der Waals surface area contributed by atoms with Crippen molar-refractivity contribution in [3.8, 4) is 5.75 Å². The minimum atomic E-state index is -0.121. The molecule has 1 atom stereocenters. The van der Waals surface area contributed by atoms with E-state index >= 15 is 0 Å². The third-order valence-corrected chi connectivity index (χ3v) is 4.56. The smallest absolute Gasteiger partial charge is 0.141 e. The van der Waals surface area contributed by atoms with Crippen LogP contribution < -0.4 is 5.32 Å². The third-order valence-electron chi connectivity index (χ3n) is 3.37. The Morgan fingerprint density at radius 1 is 1.35 bits per heavy atom. The van der Waals surface area contributed by atoms with Crippen LogP contribution in [0.25, 0.3) is 0 Å². The number of hydrogen-bond acceptors (Lipinski definition) is 5. The van der Waals surface area contributed by atoms with Gasteiger partial charge in [0.25, 0.3) is 0 Å². The Balaban J connectivity index is 2.12. The summed E-state index contributed by atoms with van der Waals surface area (Å²) >= 11 is 1.76. The maximum atomic E-state index is 10.1. The molecule has 0 spiro atoms. The van der Waals surface area contributed by atoms with E-state index in [1.807, 2.05) is 0 Å². The van der Waals surface area contributed by atoms with Gasteiger partial charge in [-0.25, -0.2) is 0 Å². The SMILES string of the molecule is Cc1ccc(C(C)NCc2c(CO)cnc(C)c2O)s1. The Morgan fingerprint density at radius 3 is 2.70 bits per heavy atom. The van der Waals surface area contributed by atoms with E-state index < -0.39 is 0 Å². The van der Waals surface area contributed by atoms with Crippen LogP contribution in [0.15, 0.2) is 18.3 Å². The highest BCUT2D eigenvalue weighted by molar-refractivity contribution is 7.12. The molecule has 5 heteroatoms. The Kier molecular flexibility index (Phi) is 4.75. The molecule has 0 bridgehead atoms. The van der Waals surface area contributed by atoms with Gasteiger partial charge in [0.2, 0.25) is 0 Å². The number of hydrogen-bond donors (Lipinski definition) is 3. The lowest BCUT2D eigenvalue weighted by atomic mass is 10.1. The molecule has 2 heterocycles. The van der Waals surface area contributed by atoms with Crippen LogP contribution in [0.4, 0.5) is 0 Å². The van der Waals surface area contributed by atoms with Gasteiger partial charge in [-0.3, -0.25) is 4.98 Å². The monoisotopic (exact) mass is 292 g/mol. The lowest BCUT2D eigenvalue weighted by Gasteiger charge is -2.16. The molecule has 1 unspecified atom stereocenters. The molecular weight excluding hydrogens is 272 g/mol. The van der Waals surface area contributed by atoms with Crippen LogP contribution in [0, 0.1) is 13.8 Å². The molecule has 0 aliphatic rings. The van der Waals surface area contributed by atoms with Crippen LogP contribution in [-0.4, -0.2) is 15.2 Å². The van der Waals surface area contributed by atoms with E-state index in [9.17, 15) is 10.2 Å². The van der Waals surface area contributed by atoms with E-state index in [4.69, 9.17) is 0 Å². The zero-order valence-corrected chi connectivity index (χ0v) is 12.8. The fraction of sp³-hybridized carbons (Fsp3) is 0.400. The first-order chi connectivity index (χ1) is 9.52. The molecule has 3 N–H and O–H groups in total. The number of aryl methyl sites for hydroxylation is 2. The molecule has 0 radical (unpaired) electrons. The average molecular weight is 292 g/mol. The Labute approximate surface area is 123 Å². The van der Waals surface area contributed by atoms with E-state index in [2.05, 4.69) is 36.3 Å². The molecule has 108 valence electrons. The quantitative estimate of drug-likeness (QED) is 0.793. The van der Waals surface area contributed by atoms with Crippen molar-refractivity contribution in [1.29, 1.82) is 0 Å². The summed E-state index contributed by atoms with van der Waals surface area (Å²) in [4.78, 5) is 6.61. The molecule has 0 saturated carbocycles. The van der Waals surface area contributed by atoms with Crippen molar-refractivity contribution in [3.63, 3.8) is 0 Å². The van der Waals surface area contributed by atoms with Crippen molar-refractivity contribution < 1.29 is 10.2 Å². The molecule has 0 aliphatic heterocycles. The number of nitrogens with one attached hydrogen (secondary N) is 1. The topological polar surface area (TPSA) is 65.4 Å². The van der Waals surface area contributed by atoms with Gasteiger partial charge in [-0.05, 0) is 32.9 Å². The standard InChI is InChI=1S/C15H20N2O2S/c1-9-4-5-14(20-9)10(2)17-7-13-12(8-18)6-16-11(3)15(13)19/h4-6,10,17-19H,7-8H2,1-3H3. The summed E-state index contributed by atoms with van der Waals surface area (Å²) in [5.74, 6) is 0.165. The molecule has 2 aromatic rings. The molecule has 20 heavy (non-hydrogen) atoms. The normalized spacial score (nSPS) is 12.6. The molecule has 4 nitrogen and oxygen atoms in total. The summed E-state index contributed by atoms with van der Waals surface area (Å²) < 4.78 is 0. The van der Waals surface area contributed by atoms with Crippen molar-refractivity contribution in [2.45, 2.75) is 40.0 Å². The van der Waals surface area contributed by atoms with Crippen LogP contribution in [-0.2, 0) is 13.2 Å². The zero-order valence-electron chi connectivity index (χ0n) is 12.0. The Bertz CT molecular complexity index is 596. The fourth-order valence-electron chi connectivity index (χ4n) is 2.06. The average Bonchev–Trinajstić information content (AvgIpc) is 2.86. The van der Waals surface area contributed by atoms with Crippen molar-refractivity contribution in [3.05, 3.63) is 44.9 Å². The summed E-state index contributed by atoms with van der Waals surface area (Å²) in [7, 11) is 0. The fourth-order valence-corrected chi connectivity index (χ4v) is 2.96. The molecule has 0 fully saturated rings. The van der Waals surface area contributed by atoms with E-state index in [1.54, 1.807) is 24.5 Å².